The van der Waals surface area contributed by atoms with Crippen molar-refractivity contribution in [3.05, 3.63) is 89.2 Å². The molecule has 0 spiro atoms. The number of para-hydroxylation sites is 1. The number of methoxy groups -OCH3 is 1. The second kappa shape index (κ2) is 6.00. The van der Waals surface area contributed by atoms with Gasteiger partial charge in [-0.1, -0.05) is 24.3 Å². The maximum atomic E-state index is 13.0. The van der Waals surface area contributed by atoms with Gasteiger partial charge in [0.2, 0.25) is 5.78 Å². The number of fused-ring (bicyclic) bond motifs is 1. The van der Waals surface area contributed by atoms with Gasteiger partial charge in [0.25, 0.3) is 11.8 Å². The predicted octanol–water partition coefficient (Wildman–Crippen LogP) is 2.66. The van der Waals surface area contributed by atoms with E-state index in [0.717, 1.165) is 5.01 Å². The third-order valence-corrected chi connectivity index (χ3v) is 4.30. The average molecular weight is 346 g/mol. The Morgan fingerprint density at radius 1 is 0.846 bits per heavy atom. The van der Waals surface area contributed by atoms with Crippen LogP contribution in [0.2, 0.25) is 0 Å². The first kappa shape index (κ1) is 15.8. The molecule has 4 rings (SSSR count). The number of aromatic nitrogens is 1. The molecule has 1 aliphatic rings. The van der Waals surface area contributed by atoms with Crippen LogP contribution in [0, 0.1) is 0 Å². The van der Waals surface area contributed by atoms with Crippen LogP contribution in [-0.4, -0.2) is 29.4 Å². The third kappa shape index (κ3) is 2.23. The van der Waals surface area contributed by atoms with Crippen LogP contribution in [0.15, 0.2) is 66.9 Å². The Balaban J connectivity index is 1.78. The van der Waals surface area contributed by atoms with Gasteiger partial charge in [-0.2, -0.15) is 5.01 Å². The first-order valence-corrected chi connectivity index (χ1v) is 7.96. The van der Waals surface area contributed by atoms with E-state index in [0.29, 0.717) is 22.4 Å². The van der Waals surface area contributed by atoms with Gasteiger partial charge in [-0.15, -0.1) is 0 Å². The summed E-state index contributed by atoms with van der Waals surface area (Å²) in [5.41, 5.74) is 1.19. The third-order valence-electron chi connectivity index (χ3n) is 4.30. The van der Waals surface area contributed by atoms with E-state index in [1.54, 1.807) is 60.7 Å². The molecule has 0 fully saturated rings. The summed E-state index contributed by atoms with van der Waals surface area (Å²) in [5.74, 6) is -0.844. The van der Waals surface area contributed by atoms with Crippen molar-refractivity contribution in [1.29, 1.82) is 0 Å². The van der Waals surface area contributed by atoms with Crippen LogP contribution in [0.5, 0.6) is 5.75 Å². The van der Waals surface area contributed by atoms with Gasteiger partial charge in [-0.3, -0.25) is 14.4 Å². The molecular formula is C20H14N2O4. The van der Waals surface area contributed by atoms with Gasteiger partial charge in [0, 0.05) is 6.20 Å². The van der Waals surface area contributed by atoms with Gasteiger partial charge < -0.3 is 4.74 Å². The number of hydrogen-bond donors (Lipinski definition) is 0. The minimum atomic E-state index is -0.462. The quantitative estimate of drug-likeness (QED) is 0.538. The van der Waals surface area contributed by atoms with Gasteiger partial charge in [0.1, 0.15) is 11.4 Å². The van der Waals surface area contributed by atoms with Crippen LogP contribution >= 0.6 is 0 Å². The van der Waals surface area contributed by atoms with Gasteiger partial charge in [0.05, 0.1) is 23.8 Å². The Kier molecular flexibility index (Phi) is 3.65. The molecule has 6 nitrogen and oxygen atoms in total. The molecule has 0 unspecified atom stereocenters. The molecule has 2 aromatic carbocycles. The molecule has 6 heteroatoms. The highest BCUT2D eigenvalue weighted by Crippen LogP contribution is 2.25. The fraction of sp³-hybridized carbons (Fsp3) is 0.0500. The zero-order valence-corrected chi connectivity index (χ0v) is 13.9. The van der Waals surface area contributed by atoms with E-state index in [1.807, 2.05) is 0 Å². The molecule has 0 bridgehead atoms. The highest BCUT2D eigenvalue weighted by atomic mass is 16.5. The van der Waals surface area contributed by atoms with E-state index in [2.05, 4.69) is 0 Å². The number of rotatable bonds is 4. The maximum Gasteiger partial charge on any atom is 0.281 e. The standard InChI is InChI=1S/C20H14N2O4/c1-26-17-11-5-4-9-15(17)18(23)16-10-6-12-21(16)22-19(24)13-7-2-3-8-14(13)20(22)25/h2-12H,1H3. The number of hydrogen-bond acceptors (Lipinski definition) is 4. The molecule has 1 aliphatic heterocycles. The van der Waals surface area contributed by atoms with E-state index in [9.17, 15) is 14.4 Å². The Hall–Kier alpha value is -3.67. The number of benzene rings is 2. The van der Waals surface area contributed by atoms with Crippen molar-refractivity contribution in [1.82, 2.24) is 4.68 Å². The second-order valence-electron chi connectivity index (χ2n) is 5.74. The fourth-order valence-corrected chi connectivity index (χ4v) is 3.07. The van der Waals surface area contributed by atoms with Crippen molar-refractivity contribution in [3.8, 4) is 5.75 Å². The van der Waals surface area contributed by atoms with Gasteiger partial charge in [-0.25, -0.2) is 4.68 Å². The van der Waals surface area contributed by atoms with Gasteiger partial charge in [-0.05, 0) is 36.4 Å². The molecule has 2 amide bonds. The van der Waals surface area contributed by atoms with Gasteiger partial charge >= 0.3 is 0 Å². The van der Waals surface area contributed by atoms with E-state index in [-0.39, 0.29) is 11.5 Å². The van der Waals surface area contributed by atoms with Crippen LogP contribution < -0.4 is 9.75 Å². The summed E-state index contributed by atoms with van der Waals surface area (Å²) < 4.78 is 6.54. The number of ketones is 1. The van der Waals surface area contributed by atoms with Gasteiger partial charge in [0.15, 0.2) is 0 Å². The van der Waals surface area contributed by atoms with Crippen LogP contribution in [0.4, 0.5) is 0 Å². The Bertz CT molecular complexity index is 1020. The molecule has 0 saturated carbocycles. The number of ether oxygens (including phenoxy) is 1. The molecule has 2 heterocycles. The average Bonchev–Trinajstić information content (AvgIpc) is 3.25. The topological polar surface area (TPSA) is 68.6 Å². The molecule has 0 atom stereocenters. The van der Waals surface area contributed by atoms with Crippen molar-refractivity contribution in [3.63, 3.8) is 0 Å². The largest absolute Gasteiger partial charge is 0.496 e. The smallest absolute Gasteiger partial charge is 0.281 e. The molecule has 26 heavy (non-hydrogen) atoms. The predicted molar refractivity (Wildman–Crippen MR) is 94.2 cm³/mol. The minimum Gasteiger partial charge on any atom is -0.496 e. The number of carbonyl (C=O) groups is 3. The summed E-state index contributed by atoms with van der Waals surface area (Å²) in [6.07, 6.45) is 1.52. The zero-order valence-electron chi connectivity index (χ0n) is 13.9. The number of amides is 2. The number of imide groups is 1. The SMILES string of the molecule is COc1ccccc1C(=O)c1cccn1N1C(=O)c2ccccc2C1=O. The molecule has 0 aliphatic carbocycles. The lowest BCUT2D eigenvalue weighted by Crippen LogP contribution is -2.41. The molecule has 128 valence electrons. The maximum absolute atomic E-state index is 13.0. The summed E-state index contributed by atoms with van der Waals surface area (Å²) in [4.78, 5) is 38.4. The lowest BCUT2D eigenvalue weighted by Gasteiger charge is -2.18. The van der Waals surface area contributed by atoms with Crippen LogP contribution in [0.25, 0.3) is 0 Å². The van der Waals surface area contributed by atoms with Crippen LogP contribution in [0.1, 0.15) is 36.8 Å². The summed E-state index contributed by atoms with van der Waals surface area (Å²) in [6, 6.07) is 16.6. The summed E-state index contributed by atoms with van der Waals surface area (Å²) in [6.45, 7) is 0. The Morgan fingerprint density at radius 2 is 1.46 bits per heavy atom. The van der Waals surface area contributed by atoms with Crippen molar-refractivity contribution in [2.45, 2.75) is 0 Å². The lowest BCUT2D eigenvalue weighted by atomic mass is 10.1. The van der Waals surface area contributed by atoms with E-state index in [1.165, 1.54) is 18.0 Å². The molecule has 0 saturated heterocycles. The lowest BCUT2D eigenvalue weighted by molar-refractivity contribution is 0.0884. The number of nitrogens with zero attached hydrogens (tertiary/aromatic N) is 2. The highest BCUT2D eigenvalue weighted by molar-refractivity contribution is 6.31. The fourth-order valence-electron chi connectivity index (χ4n) is 3.07. The van der Waals surface area contributed by atoms with Crippen molar-refractivity contribution < 1.29 is 19.1 Å². The Morgan fingerprint density at radius 3 is 2.12 bits per heavy atom. The van der Waals surface area contributed by atoms with Crippen molar-refractivity contribution in [2.75, 3.05) is 12.1 Å². The summed E-state index contributed by atoms with van der Waals surface area (Å²) >= 11 is 0. The van der Waals surface area contributed by atoms with Crippen molar-refractivity contribution >= 4 is 17.6 Å². The first-order chi connectivity index (χ1) is 12.6. The monoisotopic (exact) mass is 346 g/mol. The first-order valence-electron chi connectivity index (χ1n) is 7.96. The molecule has 1 aromatic heterocycles. The highest BCUT2D eigenvalue weighted by Gasteiger charge is 2.38. The Labute approximate surface area is 149 Å². The molecule has 0 radical (unpaired) electrons. The van der Waals surface area contributed by atoms with Crippen molar-refractivity contribution in [2.24, 2.45) is 0 Å². The number of carbonyl (C=O) groups excluding carboxylic acids is 3. The molecule has 3 aromatic rings. The van der Waals surface area contributed by atoms with Crippen LogP contribution in [0.3, 0.4) is 0 Å². The summed E-state index contributed by atoms with van der Waals surface area (Å²) in [7, 11) is 1.48. The molecule has 0 N–H and O–H groups in total. The van der Waals surface area contributed by atoms with E-state index >= 15 is 0 Å². The zero-order chi connectivity index (χ0) is 18.3. The summed E-state index contributed by atoms with van der Waals surface area (Å²) in [5, 5.41) is 0.979. The molecular weight excluding hydrogens is 332 g/mol. The van der Waals surface area contributed by atoms with Crippen LogP contribution in [-0.2, 0) is 0 Å². The second-order valence-corrected chi connectivity index (χ2v) is 5.74. The minimum absolute atomic E-state index is 0.198. The normalized spacial score (nSPS) is 13.0. The van der Waals surface area contributed by atoms with E-state index in [4.69, 9.17) is 4.74 Å². The van der Waals surface area contributed by atoms with E-state index < -0.39 is 11.8 Å².